The highest BCUT2D eigenvalue weighted by Crippen LogP contribution is 2.25. The number of halogens is 3. The van der Waals surface area contributed by atoms with Crippen LogP contribution in [-0.4, -0.2) is 10.9 Å². The highest BCUT2D eigenvalue weighted by molar-refractivity contribution is 6.42. The van der Waals surface area contributed by atoms with Crippen molar-refractivity contribution in [3.63, 3.8) is 0 Å². The molecule has 18 heavy (non-hydrogen) atoms. The van der Waals surface area contributed by atoms with Gasteiger partial charge in [-0.05, 0) is 30.3 Å². The SMILES string of the molecule is O=C(Nc1ccc(Cl)c(Cl)c1)c1ccc(F)nc1. The molecule has 1 heterocycles. The van der Waals surface area contributed by atoms with Crippen LogP contribution in [0.1, 0.15) is 10.4 Å². The van der Waals surface area contributed by atoms with Gasteiger partial charge in [0.1, 0.15) is 0 Å². The van der Waals surface area contributed by atoms with E-state index in [1.807, 2.05) is 0 Å². The van der Waals surface area contributed by atoms with Gasteiger partial charge in [0.2, 0.25) is 5.95 Å². The topological polar surface area (TPSA) is 42.0 Å². The van der Waals surface area contributed by atoms with Crippen molar-refractivity contribution in [1.29, 1.82) is 0 Å². The van der Waals surface area contributed by atoms with Gasteiger partial charge >= 0.3 is 0 Å². The van der Waals surface area contributed by atoms with Crippen LogP contribution in [-0.2, 0) is 0 Å². The summed E-state index contributed by atoms with van der Waals surface area (Å²) in [5.41, 5.74) is 0.751. The monoisotopic (exact) mass is 284 g/mol. The van der Waals surface area contributed by atoms with Crippen LogP contribution >= 0.6 is 23.2 Å². The molecule has 1 amide bonds. The third-order valence-electron chi connectivity index (χ3n) is 2.17. The average Bonchev–Trinajstić information content (AvgIpc) is 2.34. The fraction of sp³-hybridized carbons (Fsp3) is 0. The third kappa shape index (κ3) is 2.97. The summed E-state index contributed by atoms with van der Waals surface area (Å²) in [5.74, 6) is -1.04. The molecule has 0 unspecified atom stereocenters. The zero-order valence-corrected chi connectivity index (χ0v) is 10.5. The Kier molecular flexibility index (Phi) is 3.79. The second kappa shape index (κ2) is 5.33. The van der Waals surface area contributed by atoms with E-state index in [4.69, 9.17) is 23.2 Å². The fourth-order valence-electron chi connectivity index (χ4n) is 1.29. The summed E-state index contributed by atoms with van der Waals surface area (Å²) in [6.45, 7) is 0. The van der Waals surface area contributed by atoms with Gasteiger partial charge in [0.25, 0.3) is 5.91 Å². The predicted octanol–water partition coefficient (Wildman–Crippen LogP) is 3.78. The number of aromatic nitrogens is 1. The van der Waals surface area contributed by atoms with E-state index in [2.05, 4.69) is 10.3 Å². The molecule has 0 aliphatic carbocycles. The van der Waals surface area contributed by atoms with Crippen LogP contribution in [0.25, 0.3) is 0 Å². The average molecular weight is 285 g/mol. The molecule has 0 saturated carbocycles. The first kappa shape index (κ1) is 12.8. The number of benzene rings is 1. The standard InChI is InChI=1S/C12H7Cl2FN2O/c13-9-3-2-8(5-10(9)14)17-12(18)7-1-4-11(15)16-6-7/h1-6H,(H,17,18). The number of hydrogen-bond acceptors (Lipinski definition) is 2. The maximum Gasteiger partial charge on any atom is 0.257 e. The lowest BCUT2D eigenvalue weighted by atomic mass is 10.2. The largest absolute Gasteiger partial charge is 0.322 e. The zero-order chi connectivity index (χ0) is 13.1. The highest BCUT2D eigenvalue weighted by Gasteiger charge is 2.07. The van der Waals surface area contributed by atoms with Gasteiger partial charge < -0.3 is 5.32 Å². The van der Waals surface area contributed by atoms with Gasteiger partial charge in [0.15, 0.2) is 0 Å². The Hall–Kier alpha value is -1.65. The van der Waals surface area contributed by atoms with Crippen LogP contribution in [0.2, 0.25) is 10.0 Å². The van der Waals surface area contributed by atoms with Crippen LogP contribution in [0.5, 0.6) is 0 Å². The molecule has 92 valence electrons. The van der Waals surface area contributed by atoms with Crippen molar-refractivity contribution in [2.75, 3.05) is 5.32 Å². The summed E-state index contributed by atoms with van der Waals surface area (Å²) >= 11 is 11.6. The lowest BCUT2D eigenvalue weighted by Crippen LogP contribution is -2.12. The smallest absolute Gasteiger partial charge is 0.257 e. The first-order chi connectivity index (χ1) is 8.56. The fourth-order valence-corrected chi connectivity index (χ4v) is 1.59. The normalized spacial score (nSPS) is 10.2. The molecule has 0 bridgehead atoms. The van der Waals surface area contributed by atoms with Gasteiger partial charge in [-0.25, -0.2) is 4.98 Å². The number of anilines is 1. The molecule has 1 aromatic heterocycles. The first-order valence-corrected chi connectivity index (χ1v) is 5.70. The summed E-state index contributed by atoms with van der Waals surface area (Å²) in [4.78, 5) is 15.2. The Bertz CT molecular complexity index is 587. The molecular formula is C12H7Cl2FN2O. The van der Waals surface area contributed by atoms with E-state index in [1.54, 1.807) is 12.1 Å². The Morgan fingerprint density at radius 3 is 2.56 bits per heavy atom. The number of carbonyl (C=O) groups excluding carboxylic acids is 1. The number of rotatable bonds is 2. The Morgan fingerprint density at radius 1 is 1.17 bits per heavy atom. The van der Waals surface area contributed by atoms with Crippen molar-refractivity contribution < 1.29 is 9.18 Å². The molecule has 2 rings (SSSR count). The molecule has 3 nitrogen and oxygen atoms in total. The molecule has 0 radical (unpaired) electrons. The van der Waals surface area contributed by atoms with E-state index < -0.39 is 11.9 Å². The lowest BCUT2D eigenvalue weighted by Gasteiger charge is -2.06. The molecule has 0 fully saturated rings. The van der Waals surface area contributed by atoms with Crippen LogP contribution in [0.4, 0.5) is 10.1 Å². The molecule has 1 aromatic carbocycles. The Balaban J connectivity index is 2.16. The van der Waals surface area contributed by atoms with Crippen molar-refractivity contribution in [2.24, 2.45) is 0 Å². The molecule has 0 aliphatic heterocycles. The van der Waals surface area contributed by atoms with E-state index in [0.29, 0.717) is 15.7 Å². The molecular weight excluding hydrogens is 278 g/mol. The number of amides is 1. The van der Waals surface area contributed by atoms with Crippen LogP contribution in [0.15, 0.2) is 36.5 Å². The van der Waals surface area contributed by atoms with E-state index in [0.717, 1.165) is 12.3 Å². The van der Waals surface area contributed by atoms with Crippen molar-refractivity contribution in [2.45, 2.75) is 0 Å². The summed E-state index contributed by atoms with van der Waals surface area (Å²) in [5, 5.41) is 3.34. The number of pyridine rings is 1. The quantitative estimate of drug-likeness (QED) is 0.853. The third-order valence-corrected chi connectivity index (χ3v) is 2.91. The molecule has 1 N–H and O–H groups in total. The maximum atomic E-state index is 12.6. The lowest BCUT2D eigenvalue weighted by molar-refractivity contribution is 0.102. The van der Waals surface area contributed by atoms with E-state index in [9.17, 15) is 9.18 Å². The number of carbonyl (C=O) groups is 1. The first-order valence-electron chi connectivity index (χ1n) is 4.94. The minimum Gasteiger partial charge on any atom is -0.322 e. The minimum absolute atomic E-state index is 0.252. The van der Waals surface area contributed by atoms with Crippen LogP contribution in [0.3, 0.4) is 0 Å². The predicted molar refractivity (Wildman–Crippen MR) is 68.6 cm³/mol. The van der Waals surface area contributed by atoms with Gasteiger partial charge in [0, 0.05) is 11.9 Å². The van der Waals surface area contributed by atoms with Gasteiger partial charge in [0.05, 0.1) is 15.6 Å². The molecule has 0 aliphatic rings. The second-order valence-electron chi connectivity index (χ2n) is 3.45. The molecule has 2 aromatic rings. The van der Waals surface area contributed by atoms with E-state index >= 15 is 0 Å². The van der Waals surface area contributed by atoms with Gasteiger partial charge in [-0.1, -0.05) is 23.2 Å². The Morgan fingerprint density at radius 2 is 1.94 bits per heavy atom. The van der Waals surface area contributed by atoms with Crippen molar-refractivity contribution in [1.82, 2.24) is 4.98 Å². The van der Waals surface area contributed by atoms with Crippen molar-refractivity contribution in [3.05, 3.63) is 58.1 Å². The molecule has 0 atom stereocenters. The number of nitrogens with one attached hydrogen (secondary N) is 1. The molecule has 6 heteroatoms. The van der Waals surface area contributed by atoms with Gasteiger partial charge in [-0.2, -0.15) is 4.39 Å². The van der Waals surface area contributed by atoms with Gasteiger partial charge in [-0.15, -0.1) is 0 Å². The van der Waals surface area contributed by atoms with Gasteiger partial charge in [-0.3, -0.25) is 4.79 Å². The summed E-state index contributed by atoms with van der Waals surface area (Å²) < 4.78 is 12.6. The maximum absolute atomic E-state index is 12.6. The summed E-state index contributed by atoms with van der Waals surface area (Å²) in [7, 11) is 0. The zero-order valence-electron chi connectivity index (χ0n) is 8.95. The molecule has 0 saturated heterocycles. The Labute approximate surface area is 113 Å². The minimum atomic E-state index is -0.638. The summed E-state index contributed by atoms with van der Waals surface area (Å²) in [6.07, 6.45) is 1.15. The van der Waals surface area contributed by atoms with Crippen LogP contribution < -0.4 is 5.32 Å². The van der Waals surface area contributed by atoms with Crippen molar-refractivity contribution in [3.8, 4) is 0 Å². The highest BCUT2D eigenvalue weighted by atomic mass is 35.5. The van der Waals surface area contributed by atoms with Crippen LogP contribution in [0, 0.1) is 5.95 Å². The number of nitrogens with zero attached hydrogens (tertiary/aromatic N) is 1. The van der Waals surface area contributed by atoms with E-state index in [-0.39, 0.29) is 5.56 Å². The van der Waals surface area contributed by atoms with Crippen molar-refractivity contribution >= 4 is 34.8 Å². The van der Waals surface area contributed by atoms with E-state index in [1.165, 1.54) is 12.1 Å². The number of hydrogen-bond donors (Lipinski definition) is 1. The molecule has 0 spiro atoms. The summed E-state index contributed by atoms with van der Waals surface area (Å²) in [6, 6.07) is 7.17. The second-order valence-corrected chi connectivity index (χ2v) is 4.27.